The molecule has 1 aromatic heterocycles. The number of hydrogen-bond acceptors (Lipinski definition) is 6. The van der Waals surface area contributed by atoms with Gasteiger partial charge in [0.05, 0.1) is 35.0 Å². The average molecular weight is 556 g/mol. The third kappa shape index (κ3) is 5.30. The highest BCUT2D eigenvalue weighted by Gasteiger charge is 2.41. The van der Waals surface area contributed by atoms with E-state index >= 15 is 0 Å². The fourth-order valence-corrected chi connectivity index (χ4v) is 5.72. The topological polar surface area (TPSA) is 59.5 Å². The maximum Gasteiger partial charge on any atom is 0.166 e. The van der Waals surface area contributed by atoms with Crippen molar-refractivity contribution in [1.82, 2.24) is 14.9 Å². The molecule has 2 aromatic carbocycles. The summed E-state index contributed by atoms with van der Waals surface area (Å²) in [5.41, 5.74) is 0.830. The monoisotopic (exact) mass is 554 g/mol. The molecule has 2 heterocycles. The number of nitrogens with one attached hydrogen (secondary N) is 1. The van der Waals surface area contributed by atoms with Crippen LogP contribution < -0.4 is 14.8 Å². The molecule has 5 rings (SSSR count). The van der Waals surface area contributed by atoms with Crippen LogP contribution in [0.25, 0.3) is 10.9 Å². The van der Waals surface area contributed by atoms with E-state index in [0.717, 1.165) is 11.8 Å². The average Bonchev–Trinajstić information content (AvgIpc) is 3.42. The first-order chi connectivity index (χ1) is 16.8. The van der Waals surface area contributed by atoms with Crippen molar-refractivity contribution in [2.75, 3.05) is 32.1 Å². The molecule has 36 heavy (non-hydrogen) atoms. The molecule has 0 spiro atoms. The molecule has 194 valence electrons. The van der Waals surface area contributed by atoms with Gasteiger partial charge in [0.1, 0.15) is 12.1 Å². The van der Waals surface area contributed by atoms with Gasteiger partial charge < -0.3 is 19.7 Å². The summed E-state index contributed by atoms with van der Waals surface area (Å²) < 4.78 is 26.5. The Morgan fingerprint density at radius 3 is 2.50 bits per heavy atom. The van der Waals surface area contributed by atoms with Gasteiger partial charge in [-0.1, -0.05) is 23.2 Å². The van der Waals surface area contributed by atoms with Crippen LogP contribution in [0.4, 0.5) is 15.9 Å². The summed E-state index contributed by atoms with van der Waals surface area (Å²) in [4.78, 5) is 11.3. The molecule has 0 radical (unpaired) electrons. The SMILES string of the molecule is COc1cc2c(Nc3ccc(Cl)c(Cl)c3F)ncnc2cc1OC[C@@H]1C[C@@H]2CN(C(C)C)C[C@@H]2C1.Cl. The van der Waals surface area contributed by atoms with Crippen LogP contribution in [0.5, 0.6) is 11.5 Å². The molecule has 3 aromatic rings. The van der Waals surface area contributed by atoms with Gasteiger partial charge in [-0.05, 0) is 62.6 Å². The number of fused-ring (bicyclic) bond motifs is 2. The largest absolute Gasteiger partial charge is 0.493 e. The molecule has 1 N–H and O–H groups in total. The van der Waals surface area contributed by atoms with Crippen molar-refractivity contribution in [1.29, 1.82) is 0 Å². The minimum Gasteiger partial charge on any atom is -0.493 e. The van der Waals surface area contributed by atoms with Gasteiger partial charge in [-0.3, -0.25) is 0 Å². The molecule has 2 aliphatic rings. The molecule has 3 atom stereocenters. The molecule has 1 aliphatic heterocycles. The highest BCUT2D eigenvalue weighted by Crippen LogP contribution is 2.43. The fourth-order valence-electron chi connectivity index (χ4n) is 5.41. The van der Waals surface area contributed by atoms with Gasteiger partial charge in [0, 0.05) is 30.6 Å². The van der Waals surface area contributed by atoms with Crippen LogP contribution in [0, 0.1) is 23.6 Å². The standard InChI is InChI=1S/C26H29Cl2FN4O2.ClH/c1-14(2)33-10-16-6-15(7-17(16)11-33)12-35-23-9-21-18(8-22(23)34-3)26(31-13-30-21)32-20-5-4-19(27)24(28)25(20)29;/h4-5,8-9,13-17H,6-7,10-12H2,1-3H3,(H,30,31,32);1H/t15-,16-,17+;. The number of likely N-dealkylation sites (tertiary alicyclic amines) is 1. The zero-order valence-electron chi connectivity index (χ0n) is 20.4. The molecule has 1 saturated carbocycles. The molecule has 1 saturated heterocycles. The van der Waals surface area contributed by atoms with E-state index in [1.807, 2.05) is 12.1 Å². The summed E-state index contributed by atoms with van der Waals surface area (Å²) in [7, 11) is 1.60. The minimum absolute atomic E-state index is 0. The smallest absolute Gasteiger partial charge is 0.166 e. The Bertz CT molecular complexity index is 1230. The second kappa shape index (κ2) is 11.1. The number of anilines is 2. The van der Waals surface area contributed by atoms with Crippen LogP contribution in [-0.4, -0.2) is 47.7 Å². The van der Waals surface area contributed by atoms with Crippen molar-refractivity contribution < 1.29 is 13.9 Å². The summed E-state index contributed by atoms with van der Waals surface area (Å²) >= 11 is 11.9. The summed E-state index contributed by atoms with van der Waals surface area (Å²) in [6, 6.07) is 7.33. The van der Waals surface area contributed by atoms with E-state index in [2.05, 4.69) is 34.0 Å². The lowest BCUT2D eigenvalue weighted by molar-refractivity contribution is 0.209. The predicted molar refractivity (Wildman–Crippen MR) is 145 cm³/mol. The number of ether oxygens (including phenoxy) is 2. The number of methoxy groups -OCH3 is 1. The number of benzene rings is 2. The van der Waals surface area contributed by atoms with E-state index in [-0.39, 0.29) is 28.1 Å². The maximum absolute atomic E-state index is 14.6. The molecule has 0 bridgehead atoms. The van der Waals surface area contributed by atoms with Crippen LogP contribution in [0.3, 0.4) is 0 Å². The third-order valence-electron chi connectivity index (χ3n) is 7.29. The van der Waals surface area contributed by atoms with Gasteiger partial charge in [-0.2, -0.15) is 0 Å². The molecule has 0 amide bonds. The molecule has 6 nitrogen and oxygen atoms in total. The van der Waals surface area contributed by atoms with Crippen LogP contribution in [-0.2, 0) is 0 Å². The molecule has 1 aliphatic carbocycles. The van der Waals surface area contributed by atoms with Crippen molar-refractivity contribution in [2.24, 2.45) is 17.8 Å². The van der Waals surface area contributed by atoms with E-state index in [4.69, 9.17) is 32.7 Å². The lowest BCUT2D eigenvalue weighted by Crippen LogP contribution is -2.29. The van der Waals surface area contributed by atoms with Crippen molar-refractivity contribution in [3.63, 3.8) is 0 Å². The maximum atomic E-state index is 14.6. The first-order valence-corrected chi connectivity index (χ1v) is 12.7. The van der Waals surface area contributed by atoms with Crippen LogP contribution >= 0.6 is 35.6 Å². The summed E-state index contributed by atoms with van der Waals surface area (Å²) in [5.74, 6) is 3.09. The van der Waals surface area contributed by atoms with Crippen LogP contribution in [0.1, 0.15) is 26.7 Å². The van der Waals surface area contributed by atoms with Crippen LogP contribution in [0.15, 0.2) is 30.6 Å². The second-order valence-electron chi connectivity index (χ2n) is 9.81. The lowest BCUT2D eigenvalue weighted by Gasteiger charge is -2.22. The number of rotatable bonds is 7. The lowest BCUT2D eigenvalue weighted by atomic mass is 10.0. The Balaban J connectivity index is 0.00000304. The summed E-state index contributed by atoms with van der Waals surface area (Å²) in [6.45, 7) is 7.61. The first kappa shape index (κ1) is 27.0. The van der Waals surface area contributed by atoms with E-state index in [1.54, 1.807) is 7.11 Å². The Morgan fingerprint density at radius 1 is 1.11 bits per heavy atom. The van der Waals surface area contributed by atoms with Crippen molar-refractivity contribution in [3.05, 3.63) is 46.5 Å². The Labute approximate surface area is 226 Å². The normalized spacial score (nSPS) is 21.5. The van der Waals surface area contributed by atoms with E-state index in [1.165, 1.54) is 44.4 Å². The summed E-state index contributed by atoms with van der Waals surface area (Å²) in [5, 5.41) is 3.67. The Kier molecular flexibility index (Phi) is 8.35. The van der Waals surface area contributed by atoms with Crippen molar-refractivity contribution in [2.45, 2.75) is 32.7 Å². The Morgan fingerprint density at radius 2 is 1.83 bits per heavy atom. The number of hydrogen-bond donors (Lipinski definition) is 1. The van der Waals surface area contributed by atoms with E-state index in [9.17, 15) is 4.39 Å². The van der Waals surface area contributed by atoms with Gasteiger partial charge in [-0.15, -0.1) is 12.4 Å². The van der Waals surface area contributed by atoms with Crippen molar-refractivity contribution >= 4 is 58.0 Å². The quantitative estimate of drug-likeness (QED) is 0.317. The zero-order valence-corrected chi connectivity index (χ0v) is 22.8. The molecule has 2 fully saturated rings. The predicted octanol–water partition coefficient (Wildman–Crippen LogP) is 6.99. The molecule has 0 unspecified atom stereocenters. The number of halogens is 4. The molecule has 10 heteroatoms. The van der Waals surface area contributed by atoms with Crippen molar-refractivity contribution in [3.8, 4) is 11.5 Å². The number of aromatic nitrogens is 2. The van der Waals surface area contributed by atoms with Gasteiger partial charge in [0.25, 0.3) is 0 Å². The zero-order chi connectivity index (χ0) is 24.7. The van der Waals surface area contributed by atoms with E-state index < -0.39 is 5.82 Å². The van der Waals surface area contributed by atoms with Gasteiger partial charge in [-0.25, -0.2) is 14.4 Å². The fraction of sp³-hybridized carbons (Fsp3) is 0.462. The third-order valence-corrected chi connectivity index (χ3v) is 8.07. The minimum atomic E-state index is -0.643. The van der Waals surface area contributed by atoms with Gasteiger partial charge in [0.15, 0.2) is 17.3 Å². The highest BCUT2D eigenvalue weighted by molar-refractivity contribution is 6.42. The number of nitrogens with zero attached hydrogens (tertiary/aromatic N) is 3. The Hall–Kier alpha value is -2.06. The second-order valence-corrected chi connectivity index (χ2v) is 10.6. The van der Waals surface area contributed by atoms with Crippen LogP contribution in [0.2, 0.25) is 10.0 Å². The summed E-state index contributed by atoms with van der Waals surface area (Å²) in [6.07, 6.45) is 3.83. The molecular formula is C26H30Cl3FN4O2. The van der Waals surface area contributed by atoms with Gasteiger partial charge in [0.2, 0.25) is 0 Å². The first-order valence-electron chi connectivity index (χ1n) is 11.9. The van der Waals surface area contributed by atoms with Gasteiger partial charge >= 0.3 is 0 Å². The molecular weight excluding hydrogens is 526 g/mol. The highest BCUT2D eigenvalue weighted by atomic mass is 35.5. The van der Waals surface area contributed by atoms with E-state index in [0.29, 0.717) is 46.8 Å².